The first kappa shape index (κ1) is 11.3. The molecule has 0 aromatic carbocycles. The van der Waals surface area contributed by atoms with Crippen LogP contribution in [0.25, 0.3) is 11.3 Å². The van der Waals surface area contributed by atoms with Gasteiger partial charge in [-0.25, -0.2) is 4.39 Å². The van der Waals surface area contributed by atoms with E-state index in [0.29, 0.717) is 11.4 Å². The van der Waals surface area contributed by atoms with Gasteiger partial charge in [-0.05, 0) is 0 Å². The van der Waals surface area contributed by atoms with Crippen LogP contribution in [0.2, 0.25) is 0 Å². The summed E-state index contributed by atoms with van der Waals surface area (Å²) in [6.07, 6.45) is 5.20. The van der Waals surface area contributed by atoms with E-state index in [-0.39, 0.29) is 5.82 Å². The molecule has 6 heteroatoms. The molecule has 1 aliphatic rings. The molecule has 0 radical (unpaired) electrons. The number of aromatic nitrogens is 3. The van der Waals surface area contributed by atoms with Gasteiger partial charge >= 0.3 is 0 Å². The highest BCUT2D eigenvalue weighted by molar-refractivity contribution is 5.66. The van der Waals surface area contributed by atoms with Crippen molar-refractivity contribution in [3.8, 4) is 11.3 Å². The Hall–Kier alpha value is -1.82. The molecule has 2 aromatic rings. The topological polar surface area (TPSA) is 48.9 Å². The molecule has 0 saturated carbocycles. The highest BCUT2D eigenvalue weighted by Gasteiger charge is 2.20. The molecule has 1 fully saturated rings. The van der Waals surface area contributed by atoms with E-state index in [9.17, 15) is 4.39 Å². The zero-order chi connectivity index (χ0) is 12.5. The quantitative estimate of drug-likeness (QED) is 0.833. The first-order valence-corrected chi connectivity index (χ1v) is 6.07. The van der Waals surface area contributed by atoms with Crippen LogP contribution in [0.1, 0.15) is 0 Å². The third-order valence-electron chi connectivity index (χ3n) is 3.25. The van der Waals surface area contributed by atoms with Crippen LogP contribution in [0.5, 0.6) is 0 Å². The first-order valence-electron chi connectivity index (χ1n) is 6.07. The minimum atomic E-state index is -0.190. The Morgan fingerprint density at radius 1 is 1.33 bits per heavy atom. The van der Waals surface area contributed by atoms with Gasteiger partial charge in [0, 0.05) is 51.2 Å². The summed E-state index contributed by atoms with van der Waals surface area (Å²) in [7, 11) is 1.82. The number of anilines is 1. The van der Waals surface area contributed by atoms with Crippen LogP contribution in [-0.2, 0) is 7.05 Å². The van der Waals surface area contributed by atoms with E-state index in [1.54, 1.807) is 23.3 Å². The van der Waals surface area contributed by atoms with Gasteiger partial charge in [-0.15, -0.1) is 0 Å². The molecule has 0 spiro atoms. The lowest BCUT2D eigenvalue weighted by Gasteiger charge is -2.28. The molecule has 18 heavy (non-hydrogen) atoms. The third kappa shape index (κ3) is 1.88. The number of hydrogen-bond donors (Lipinski definition) is 2. The summed E-state index contributed by atoms with van der Waals surface area (Å²) in [5.41, 5.74) is 1.93. The van der Waals surface area contributed by atoms with Crippen LogP contribution in [-0.4, -0.2) is 40.9 Å². The summed E-state index contributed by atoms with van der Waals surface area (Å²) in [4.78, 5) is 5.07. The predicted molar refractivity (Wildman–Crippen MR) is 68.0 cm³/mol. The monoisotopic (exact) mass is 249 g/mol. The standard InChI is InChI=1S/C12H16FN5/c1-17-8-9(6-16-17)12-11(13)10(7-15-12)18-4-2-14-3-5-18/h6-8,14-15H,2-5H2,1H3. The summed E-state index contributed by atoms with van der Waals surface area (Å²) < 4.78 is 16.0. The summed E-state index contributed by atoms with van der Waals surface area (Å²) in [6.45, 7) is 3.46. The average molecular weight is 249 g/mol. The van der Waals surface area contributed by atoms with Crippen molar-refractivity contribution < 1.29 is 4.39 Å². The number of piperazine rings is 1. The van der Waals surface area contributed by atoms with Crippen LogP contribution in [0.3, 0.4) is 0 Å². The molecular weight excluding hydrogens is 233 g/mol. The van der Waals surface area contributed by atoms with Crippen LogP contribution in [0.4, 0.5) is 10.1 Å². The second-order valence-electron chi connectivity index (χ2n) is 4.50. The molecule has 5 nitrogen and oxygen atoms in total. The molecule has 0 atom stereocenters. The zero-order valence-electron chi connectivity index (χ0n) is 10.3. The summed E-state index contributed by atoms with van der Waals surface area (Å²) in [5, 5.41) is 7.32. The lowest BCUT2D eigenvalue weighted by molar-refractivity contribution is 0.570. The fraction of sp³-hybridized carbons (Fsp3) is 0.417. The number of aromatic amines is 1. The van der Waals surface area contributed by atoms with Crippen molar-refractivity contribution in [2.75, 3.05) is 31.1 Å². The van der Waals surface area contributed by atoms with Crippen molar-refractivity contribution in [2.24, 2.45) is 7.05 Å². The maximum atomic E-state index is 14.4. The maximum Gasteiger partial charge on any atom is 0.172 e. The Balaban J connectivity index is 1.92. The molecule has 1 saturated heterocycles. The fourth-order valence-electron chi connectivity index (χ4n) is 2.29. The van der Waals surface area contributed by atoms with E-state index in [0.717, 1.165) is 31.7 Å². The third-order valence-corrected chi connectivity index (χ3v) is 3.25. The molecule has 0 bridgehead atoms. The average Bonchev–Trinajstić information content (AvgIpc) is 2.97. The van der Waals surface area contributed by atoms with Gasteiger partial charge in [-0.3, -0.25) is 4.68 Å². The lowest BCUT2D eigenvalue weighted by atomic mass is 10.2. The van der Waals surface area contributed by atoms with Gasteiger partial charge in [0.15, 0.2) is 5.82 Å². The molecule has 2 aromatic heterocycles. The molecule has 0 aliphatic carbocycles. The van der Waals surface area contributed by atoms with Crippen molar-refractivity contribution >= 4 is 5.69 Å². The van der Waals surface area contributed by atoms with Crippen molar-refractivity contribution in [3.05, 3.63) is 24.4 Å². The summed E-state index contributed by atoms with van der Waals surface area (Å²) in [6, 6.07) is 0. The number of halogens is 1. The number of H-pyrrole nitrogens is 1. The maximum absolute atomic E-state index is 14.4. The van der Waals surface area contributed by atoms with Gasteiger partial charge in [-0.2, -0.15) is 5.10 Å². The predicted octanol–water partition coefficient (Wildman–Crippen LogP) is 0.964. The van der Waals surface area contributed by atoms with Crippen LogP contribution in [0.15, 0.2) is 18.6 Å². The van der Waals surface area contributed by atoms with E-state index >= 15 is 0 Å². The molecule has 0 amide bonds. The highest BCUT2D eigenvalue weighted by Crippen LogP contribution is 2.29. The Morgan fingerprint density at radius 3 is 2.78 bits per heavy atom. The Kier molecular flexibility index (Phi) is 2.79. The number of nitrogens with one attached hydrogen (secondary N) is 2. The largest absolute Gasteiger partial charge is 0.365 e. The fourth-order valence-corrected chi connectivity index (χ4v) is 2.29. The Labute approximate surface area is 105 Å². The van der Waals surface area contributed by atoms with E-state index in [1.165, 1.54) is 0 Å². The number of aryl methyl sites for hydroxylation is 1. The first-order chi connectivity index (χ1) is 8.75. The van der Waals surface area contributed by atoms with Crippen LogP contribution >= 0.6 is 0 Å². The number of hydrogen-bond acceptors (Lipinski definition) is 3. The molecular formula is C12H16FN5. The Bertz CT molecular complexity index is 538. The molecule has 3 heterocycles. The van der Waals surface area contributed by atoms with Gasteiger partial charge in [0.05, 0.1) is 17.6 Å². The van der Waals surface area contributed by atoms with Crippen LogP contribution < -0.4 is 10.2 Å². The van der Waals surface area contributed by atoms with Gasteiger partial charge in [0.1, 0.15) is 0 Å². The molecule has 3 rings (SSSR count). The van der Waals surface area contributed by atoms with Crippen molar-refractivity contribution in [2.45, 2.75) is 0 Å². The Morgan fingerprint density at radius 2 is 2.11 bits per heavy atom. The molecule has 0 unspecified atom stereocenters. The van der Waals surface area contributed by atoms with E-state index in [4.69, 9.17) is 0 Å². The van der Waals surface area contributed by atoms with Gasteiger partial charge in [0.2, 0.25) is 0 Å². The SMILES string of the molecule is Cn1cc(-c2[nH]cc(N3CCNCC3)c2F)cn1. The van der Waals surface area contributed by atoms with E-state index in [1.807, 2.05) is 7.05 Å². The second kappa shape index (κ2) is 4.45. The lowest BCUT2D eigenvalue weighted by Crippen LogP contribution is -2.43. The highest BCUT2D eigenvalue weighted by atomic mass is 19.1. The van der Waals surface area contributed by atoms with Crippen molar-refractivity contribution in [3.63, 3.8) is 0 Å². The smallest absolute Gasteiger partial charge is 0.172 e. The van der Waals surface area contributed by atoms with E-state index in [2.05, 4.69) is 20.3 Å². The van der Waals surface area contributed by atoms with Crippen molar-refractivity contribution in [1.29, 1.82) is 0 Å². The van der Waals surface area contributed by atoms with Gasteiger partial charge in [-0.1, -0.05) is 0 Å². The molecule has 1 aliphatic heterocycles. The van der Waals surface area contributed by atoms with Crippen LogP contribution in [0, 0.1) is 5.82 Å². The molecule has 96 valence electrons. The minimum Gasteiger partial charge on any atom is -0.365 e. The summed E-state index contributed by atoms with van der Waals surface area (Å²) >= 11 is 0. The van der Waals surface area contributed by atoms with Gasteiger partial charge in [0.25, 0.3) is 0 Å². The number of nitrogens with zero attached hydrogens (tertiary/aromatic N) is 3. The second-order valence-corrected chi connectivity index (χ2v) is 4.50. The summed E-state index contributed by atoms with van der Waals surface area (Å²) in [5.74, 6) is -0.190. The van der Waals surface area contributed by atoms with Crippen molar-refractivity contribution in [1.82, 2.24) is 20.1 Å². The number of rotatable bonds is 2. The zero-order valence-corrected chi connectivity index (χ0v) is 10.3. The van der Waals surface area contributed by atoms with Gasteiger partial charge < -0.3 is 15.2 Å². The minimum absolute atomic E-state index is 0.190. The van der Waals surface area contributed by atoms with E-state index < -0.39 is 0 Å². The molecule has 2 N–H and O–H groups in total. The normalized spacial score (nSPS) is 16.2.